The molecule has 0 nitrogen and oxygen atoms in total. The summed E-state index contributed by atoms with van der Waals surface area (Å²) in [7, 11) is 0. The van der Waals surface area contributed by atoms with Crippen molar-refractivity contribution in [2.75, 3.05) is 0 Å². The topological polar surface area (TPSA) is 0 Å². The van der Waals surface area contributed by atoms with Gasteiger partial charge in [-0.25, -0.2) is 0 Å². The minimum absolute atomic E-state index is 0.371. The van der Waals surface area contributed by atoms with Crippen LogP contribution in [-0.2, 0) is 5.41 Å². The van der Waals surface area contributed by atoms with Crippen molar-refractivity contribution < 1.29 is 0 Å². The third-order valence-electron chi connectivity index (χ3n) is 13.7. The summed E-state index contributed by atoms with van der Waals surface area (Å²) >= 11 is 0. The van der Waals surface area contributed by atoms with E-state index in [4.69, 9.17) is 0 Å². The number of rotatable bonds is 7. The van der Waals surface area contributed by atoms with Crippen LogP contribution in [0.4, 0.5) is 0 Å². The molecular formula is C64H44. The van der Waals surface area contributed by atoms with Crippen molar-refractivity contribution >= 4 is 21.5 Å². The van der Waals surface area contributed by atoms with Crippen LogP contribution in [0, 0.1) is 0 Å². The first kappa shape index (κ1) is 37.7. The molecule has 0 amide bonds. The van der Waals surface area contributed by atoms with Gasteiger partial charge in [0, 0.05) is 5.41 Å². The van der Waals surface area contributed by atoms with Crippen molar-refractivity contribution in [3.05, 3.63) is 265 Å². The molecule has 1 aliphatic rings. The average molecular weight is 813 g/mol. The molecule has 0 N–H and O–H groups in total. The van der Waals surface area contributed by atoms with Crippen molar-refractivity contribution in [1.29, 1.82) is 0 Å². The zero-order valence-electron chi connectivity index (χ0n) is 35.7. The summed E-state index contributed by atoms with van der Waals surface area (Å²) in [6.07, 6.45) is 0. The Balaban J connectivity index is 1.01. The maximum Gasteiger partial charge on any atom is 0.0441 e. The first-order chi connectivity index (χ1) is 31.6. The van der Waals surface area contributed by atoms with Gasteiger partial charge in [0.1, 0.15) is 0 Å². The van der Waals surface area contributed by atoms with E-state index in [1.54, 1.807) is 0 Å². The summed E-state index contributed by atoms with van der Waals surface area (Å²) in [4.78, 5) is 0. The molecule has 0 aliphatic heterocycles. The fraction of sp³-hybridized carbons (Fsp3) is 0.0312. The van der Waals surface area contributed by atoms with Crippen LogP contribution in [0.25, 0.3) is 99.4 Å². The molecule has 0 heteroatoms. The second-order valence-electron chi connectivity index (χ2n) is 17.3. The highest BCUT2D eigenvalue weighted by atomic mass is 14.4. The van der Waals surface area contributed by atoms with Gasteiger partial charge in [0.05, 0.1) is 0 Å². The second-order valence-corrected chi connectivity index (χ2v) is 17.3. The largest absolute Gasteiger partial charge is 0.0622 e. The molecule has 0 spiro atoms. The first-order valence-electron chi connectivity index (χ1n) is 22.3. The summed E-state index contributed by atoms with van der Waals surface area (Å²) in [6, 6.07) is 91.8. The van der Waals surface area contributed by atoms with Gasteiger partial charge in [-0.15, -0.1) is 0 Å². The third kappa shape index (κ3) is 6.14. The van der Waals surface area contributed by atoms with Crippen LogP contribution in [0.5, 0.6) is 0 Å². The Bertz CT molecular complexity index is 3410. The Hall–Kier alpha value is -8.06. The van der Waals surface area contributed by atoms with Crippen LogP contribution < -0.4 is 0 Å². The quantitative estimate of drug-likeness (QED) is 0.141. The monoisotopic (exact) mass is 812 g/mol. The van der Waals surface area contributed by atoms with E-state index >= 15 is 0 Å². The maximum atomic E-state index is 2.51. The lowest BCUT2D eigenvalue weighted by Gasteiger charge is -2.31. The fourth-order valence-corrected chi connectivity index (χ4v) is 10.7. The maximum absolute atomic E-state index is 2.51. The van der Waals surface area contributed by atoms with Crippen LogP contribution in [-0.4, -0.2) is 0 Å². The molecule has 0 aromatic heterocycles. The predicted molar refractivity (Wildman–Crippen MR) is 272 cm³/mol. The van der Waals surface area contributed by atoms with Crippen LogP contribution >= 0.6 is 0 Å². The molecule has 0 bridgehead atoms. The van der Waals surface area contributed by atoms with Gasteiger partial charge in [0.15, 0.2) is 0 Å². The Morgan fingerprint density at radius 1 is 0.219 bits per heavy atom. The van der Waals surface area contributed by atoms with Gasteiger partial charge >= 0.3 is 0 Å². The second kappa shape index (κ2) is 15.4. The lowest BCUT2D eigenvalue weighted by atomic mass is 9.71. The molecule has 0 radical (unpaired) electrons. The Labute approximate surface area is 375 Å². The molecule has 0 heterocycles. The highest BCUT2D eigenvalue weighted by Crippen LogP contribution is 2.55. The molecule has 0 saturated heterocycles. The fourth-order valence-electron chi connectivity index (χ4n) is 10.7. The van der Waals surface area contributed by atoms with E-state index in [2.05, 4.69) is 256 Å². The number of fused-ring (bicyclic) bond motifs is 5. The SMILES string of the molecule is CC1(c2ccccc2-c2ccccc2)c2ccccc2-c2ccc(-c3c4ccccc4c(-c4ccc(-c5cc(-c6ccccc6)cc(-c6ccccc6)c5)cc4)c4ccccc34)cc21. The van der Waals surface area contributed by atoms with Gasteiger partial charge in [0.25, 0.3) is 0 Å². The van der Waals surface area contributed by atoms with E-state index in [9.17, 15) is 0 Å². The lowest BCUT2D eigenvalue weighted by molar-refractivity contribution is 0.716. The van der Waals surface area contributed by atoms with Crippen molar-refractivity contribution in [3.8, 4) is 77.9 Å². The van der Waals surface area contributed by atoms with Crippen molar-refractivity contribution in [1.82, 2.24) is 0 Å². The average Bonchev–Trinajstić information content (AvgIpc) is 3.63. The molecule has 1 aliphatic carbocycles. The molecule has 0 saturated carbocycles. The summed E-state index contributed by atoms with van der Waals surface area (Å²) in [5.74, 6) is 0. The van der Waals surface area contributed by atoms with E-state index < -0.39 is 0 Å². The highest BCUT2D eigenvalue weighted by Gasteiger charge is 2.42. The number of hydrogen-bond donors (Lipinski definition) is 0. The Morgan fingerprint density at radius 3 is 1.08 bits per heavy atom. The van der Waals surface area contributed by atoms with E-state index in [1.807, 2.05) is 0 Å². The molecule has 64 heavy (non-hydrogen) atoms. The first-order valence-corrected chi connectivity index (χ1v) is 22.3. The third-order valence-corrected chi connectivity index (χ3v) is 13.7. The van der Waals surface area contributed by atoms with Crippen molar-refractivity contribution in [2.24, 2.45) is 0 Å². The van der Waals surface area contributed by atoms with Crippen molar-refractivity contribution in [2.45, 2.75) is 12.3 Å². The van der Waals surface area contributed by atoms with Crippen LogP contribution in [0.15, 0.2) is 249 Å². The summed E-state index contributed by atoms with van der Waals surface area (Å²) < 4.78 is 0. The van der Waals surface area contributed by atoms with Crippen LogP contribution in [0.3, 0.4) is 0 Å². The summed E-state index contributed by atoms with van der Waals surface area (Å²) in [5, 5.41) is 5.01. The van der Waals surface area contributed by atoms with Gasteiger partial charge in [0.2, 0.25) is 0 Å². The van der Waals surface area contributed by atoms with Gasteiger partial charge in [-0.2, -0.15) is 0 Å². The predicted octanol–water partition coefficient (Wildman–Crippen LogP) is 17.3. The standard InChI is InChI=1S/C64H44/c1-64(59-31-17-15-25-52(59)46-23-9-4-10-24-46)60-32-18-16-26-53(60)54-38-37-48(42-61(54)64)63-57-29-13-11-27-55(57)62(56-28-12-14-30-58(56)63)47-35-33-45(34-36-47)51-40-49(43-19-5-2-6-20-43)39-50(41-51)44-21-7-3-8-22-44/h2-42H,1H3. The minimum atomic E-state index is -0.371. The lowest BCUT2D eigenvalue weighted by Crippen LogP contribution is -2.23. The van der Waals surface area contributed by atoms with Gasteiger partial charge in [-0.1, -0.05) is 224 Å². The molecule has 11 aromatic carbocycles. The minimum Gasteiger partial charge on any atom is -0.0622 e. The molecular weight excluding hydrogens is 769 g/mol. The van der Waals surface area contributed by atoms with E-state index in [0.29, 0.717) is 0 Å². The smallest absolute Gasteiger partial charge is 0.0441 e. The van der Waals surface area contributed by atoms with Crippen LogP contribution in [0.1, 0.15) is 23.6 Å². The molecule has 11 aromatic rings. The summed E-state index contributed by atoms with van der Waals surface area (Å²) in [5.41, 5.74) is 21.0. The Morgan fingerprint density at radius 2 is 0.562 bits per heavy atom. The van der Waals surface area contributed by atoms with E-state index in [-0.39, 0.29) is 5.41 Å². The zero-order chi connectivity index (χ0) is 42.6. The highest BCUT2D eigenvalue weighted by molar-refractivity contribution is 6.21. The van der Waals surface area contributed by atoms with E-state index in [1.165, 1.54) is 116 Å². The normalized spacial score (nSPS) is 14.1. The van der Waals surface area contributed by atoms with Gasteiger partial charge in [-0.05, 0) is 147 Å². The zero-order valence-corrected chi connectivity index (χ0v) is 35.7. The molecule has 12 rings (SSSR count). The Kier molecular flexibility index (Phi) is 9.06. The number of benzene rings is 11. The van der Waals surface area contributed by atoms with Gasteiger partial charge in [-0.3, -0.25) is 0 Å². The van der Waals surface area contributed by atoms with Gasteiger partial charge < -0.3 is 0 Å². The van der Waals surface area contributed by atoms with Crippen LogP contribution in [0.2, 0.25) is 0 Å². The molecule has 300 valence electrons. The van der Waals surface area contributed by atoms with Crippen molar-refractivity contribution in [3.63, 3.8) is 0 Å². The molecule has 1 atom stereocenters. The summed E-state index contributed by atoms with van der Waals surface area (Å²) in [6.45, 7) is 2.44. The van der Waals surface area contributed by atoms with E-state index in [0.717, 1.165) is 0 Å². The number of hydrogen-bond acceptors (Lipinski definition) is 0. The molecule has 0 fully saturated rings. The molecule has 1 unspecified atom stereocenters.